The summed E-state index contributed by atoms with van der Waals surface area (Å²) in [6, 6.07) is 13.6. The van der Waals surface area contributed by atoms with Crippen molar-refractivity contribution in [2.45, 2.75) is 6.92 Å². The zero-order valence-electron chi connectivity index (χ0n) is 12.4. The molecule has 0 saturated carbocycles. The average molecular weight is 303 g/mol. The van der Waals surface area contributed by atoms with E-state index in [9.17, 15) is 0 Å². The van der Waals surface area contributed by atoms with Crippen molar-refractivity contribution in [2.75, 3.05) is 0 Å². The minimum atomic E-state index is 0.500. The molecule has 6 heteroatoms. The lowest BCUT2D eigenvalue weighted by Gasteiger charge is -2.00. The van der Waals surface area contributed by atoms with Crippen molar-refractivity contribution in [1.82, 2.24) is 24.9 Å². The minimum absolute atomic E-state index is 0.500. The predicted octanol–water partition coefficient (Wildman–Crippen LogP) is 3.29. The van der Waals surface area contributed by atoms with Crippen molar-refractivity contribution in [3.05, 3.63) is 66.6 Å². The molecule has 3 heterocycles. The molecule has 4 aromatic rings. The first-order valence-corrected chi connectivity index (χ1v) is 7.17. The van der Waals surface area contributed by atoms with Crippen molar-refractivity contribution < 1.29 is 4.52 Å². The van der Waals surface area contributed by atoms with E-state index >= 15 is 0 Å². The summed E-state index contributed by atoms with van der Waals surface area (Å²) < 4.78 is 7.05. The number of hydrogen-bond acceptors (Lipinski definition) is 5. The first kappa shape index (κ1) is 13.4. The molecule has 4 rings (SSSR count). The van der Waals surface area contributed by atoms with Gasteiger partial charge in [0.2, 0.25) is 5.82 Å². The first-order chi connectivity index (χ1) is 11.3. The summed E-state index contributed by atoms with van der Waals surface area (Å²) in [5.74, 6) is 1.75. The quantitative estimate of drug-likeness (QED) is 0.581. The van der Waals surface area contributed by atoms with Crippen LogP contribution < -0.4 is 0 Å². The van der Waals surface area contributed by atoms with Gasteiger partial charge in [-0.25, -0.2) is 9.67 Å². The highest BCUT2D eigenvalue weighted by Gasteiger charge is 2.11. The third-order valence-electron chi connectivity index (χ3n) is 3.44. The molecule has 0 fully saturated rings. The van der Waals surface area contributed by atoms with Crippen LogP contribution in [-0.4, -0.2) is 24.9 Å². The van der Waals surface area contributed by atoms with E-state index in [1.54, 1.807) is 17.1 Å². The van der Waals surface area contributed by atoms with Crippen LogP contribution in [0.4, 0.5) is 0 Å². The van der Waals surface area contributed by atoms with Crippen molar-refractivity contribution in [2.24, 2.45) is 0 Å². The molecule has 0 unspecified atom stereocenters. The third kappa shape index (κ3) is 2.62. The van der Waals surface area contributed by atoms with E-state index < -0.39 is 0 Å². The highest BCUT2D eigenvalue weighted by molar-refractivity contribution is 5.60. The molecule has 0 N–H and O–H groups in total. The number of pyridine rings is 1. The molecule has 0 atom stereocenters. The minimum Gasteiger partial charge on any atom is -0.334 e. The Labute approximate surface area is 132 Å². The topological polar surface area (TPSA) is 69.6 Å². The summed E-state index contributed by atoms with van der Waals surface area (Å²) in [5, 5.41) is 8.18. The van der Waals surface area contributed by atoms with Gasteiger partial charge in [-0.05, 0) is 37.3 Å². The van der Waals surface area contributed by atoms with Crippen molar-refractivity contribution in [3.8, 4) is 28.7 Å². The van der Waals surface area contributed by atoms with Crippen LogP contribution in [0.15, 0.2) is 65.6 Å². The van der Waals surface area contributed by atoms with Gasteiger partial charge >= 0.3 is 0 Å². The fraction of sp³-hybridized carbons (Fsp3) is 0.0588. The number of benzene rings is 1. The zero-order valence-corrected chi connectivity index (χ0v) is 12.4. The van der Waals surface area contributed by atoms with E-state index in [0.29, 0.717) is 11.7 Å². The standard InChI is InChI=1S/C17H13N5O/c1-12-4-2-5-13(10-12)17-20-16(21-23-17)14-6-7-15(18-11-14)22-9-3-8-19-22/h2-11H,1H3. The summed E-state index contributed by atoms with van der Waals surface area (Å²) in [4.78, 5) is 8.82. The Bertz CT molecular complexity index is 926. The highest BCUT2D eigenvalue weighted by Crippen LogP contribution is 2.22. The summed E-state index contributed by atoms with van der Waals surface area (Å²) in [6.45, 7) is 2.03. The molecule has 0 aliphatic rings. The van der Waals surface area contributed by atoms with Crippen LogP contribution >= 0.6 is 0 Å². The van der Waals surface area contributed by atoms with E-state index in [2.05, 4.69) is 20.2 Å². The van der Waals surface area contributed by atoms with Gasteiger partial charge in [0.05, 0.1) is 0 Å². The lowest BCUT2D eigenvalue weighted by atomic mass is 10.1. The van der Waals surface area contributed by atoms with Gasteiger partial charge in [0.15, 0.2) is 5.82 Å². The summed E-state index contributed by atoms with van der Waals surface area (Å²) in [7, 11) is 0. The fourth-order valence-electron chi connectivity index (χ4n) is 2.29. The maximum Gasteiger partial charge on any atom is 0.258 e. The maximum atomic E-state index is 5.36. The Kier molecular flexibility index (Phi) is 3.20. The number of nitrogens with zero attached hydrogens (tertiary/aromatic N) is 5. The number of rotatable bonds is 3. The molecule has 0 amide bonds. The Morgan fingerprint density at radius 1 is 1.04 bits per heavy atom. The molecule has 23 heavy (non-hydrogen) atoms. The number of hydrogen-bond donors (Lipinski definition) is 0. The Morgan fingerprint density at radius 3 is 2.74 bits per heavy atom. The van der Waals surface area contributed by atoms with Crippen LogP contribution in [0.1, 0.15) is 5.56 Å². The second kappa shape index (κ2) is 5.49. The van der Waals surface area contributed by atoms with Crippen molar-refractivity contribution in [3.63, 3.8) is 0 Å². The molecule has 0 aliphatic heterocycles. The largest absolute Gasteiger partial charge is 0.334 e. The smallest absolute Gasteiger partial charge is 0.258 e. The maximum absolute atomic E-state index is 5.36. The number of aromatic nitrogens is 5. The number of aryl methyl sites for hydroxylation is 1. The van der Waals surface area contributed by atoms with E-state index in [0.717, 1.165) is 22.5 Å². The third-order valence-corrected chi connectivity index (χ3v) is 3.44. The van der Waals surface area contributed by atoms with Crippen LogP contribution in [0.5, 0.6) is 0 Å². The van der Waals surface area contributed by atoms with Crippen molar-refractivity contribution in [1.29, 1.82) is 0 Å². The molecule has 0 aliphatic carbocycles. The van der Waals surface area contributed by atoms with Gasteiger partial charge < -0.3 is 4.52 Å². The second-order valence-corrected chi connectivity index (χ2v) is 5.15. The summed E-state index contributed by atoms with van der Waals surface area (Å²) >= 11 is 0. The molecule has 0 saturated heterocycles. The van der Waals surface area contributed by atoms with E-state index in [4.69, 9.17) is 4.52 Å². The Balaban J connectivity index is 1.64. The predicted molar refractivity (Wildman–Crippen MR) is 84.8 cm³/mol. The molecule has 0 bridgehead atoms. The summed E-state index contributed by atoms with van der Waals surface area (Å²) in [6.07, 6.45) is 5.26. The Morgan fingerprint density at radius 2 is 2.00 bits per heavy atom. The lowest BCUT2D eigenvalue weighted by Crippen LogP contribution is -1.97. The summed E-state index contributed by atoms with van der Waals surface area (Å²) in [5.41, 5.74) is 2.85. The molecule has 0 spiro atoms. The zero-order chi connectivity index (χ0) is 15.6. The average Bonchev–Trinajstić information content (AvgIpc) is 3.27. The molecule has 0 radical (unpaired) electrons. The van der Waals surface area contributed by atoms with E-state index in [1.165, 1.54) is 0 Å². The van der Waals surface area contributed by atoms with Gasteiger partial charge in [-0.15, -0.1) is 0 Å². The molecular formula is C17H13N5O. The van der Waals surface area contributed by atoms with Crippen LogP contribution in [0.2, 0.25) is 0 Å². The molecule has 1 aromatic carbocycles. The highest BCUT2D eigenvalue weighted by atomic mass is 16.5. The van der Waals surface area contributed by atoms with Gasteiger partial charge in [0, 0.05) is 29.7 Å². The first-order valence-electron chi connectivity index (χ1n) is 7.17. The van der Waals surface area contributed by atoms with Crippen LogP contribution in [0.25, 0.3) is 28.7 Å². The van der Waals surface area contributed by atoms with Crippen molar-refractivity contribution >= 4 is 0 Å². The Hall–Kier alpha value is -3.28. The van der Waals surface area contributed by atoms with Crippen LogP contribution in [-0.2, 0) is 0 Å². The molecule has 112 valence electrons. The normalized spacial score (nSPS) is 10.8. The van der Waals surface area contributed by atoms with Gasteiger partial charge in [-0.3, -0.25) is 0 Å². The van der Waals surface area contributed by atoms with Gasteiger partial charge in [-0.2, -0.15) is 10.1 Å². The van der Waals surface area contributed by atoms with Gasteiger partial charge in [0.25, 0.3) is 5.89 Å². The second-order valence-electron chi connectivity index (χ2n) is 5.15. The fourth-order valence-corrected chi connectivity index (χ4v) is 2.29. The lowest BCUT2D eigenvalue weighted by molar-refractivity contribution is 0.432. The SMILES string of the molecule is Cc1cccc(-c2nc(-c3ccc(-n4cccn4)nc3)no2)c1. The van der Waals surface area contributed by atoms with Crippen LogP contribution in [0, 0.1) is 6.92 Å². The van der Waals surface area contributed by atoms with Gasteiger partial charge in [0.1, 0.15) is 0 Å². The van der Waals surface area contributed by atoms with Crippen LogP contribution in [0.3, 0.4) is 0 Å². The van der Waals surface area contributed by atoms with E-state index in [1.807, 2.05) is 55.6 Å². The van der Waals surface area contributed by atoms with E-state index in [-0.39, 0.29) is 0 Å². The monoisotopic (exact) mass is 303 g/mol. The molecule has 6 nitrogen and oxygen atoms in total. The van der Waals surface area contributed by atoms with Gasteiger partial charge in [-0.1, -0.05) is 22.9 Å². The molecular weight excluding hydrogens is 290 g/mol. The molecule has 3 aromatic heterocycles.